The van der Waals surface area contributed by atoms with Gasteiger partial charge in [-0.2, -0.15) is 13.2 Å². The lowest BCUT2D eigenvalue weighted by Gasteiger charge is -2.40. The Morgan fingerprint density at radius 2 is 2.05 bits per heavy atom. The van der Waals surface area contributed by atoms with E-state index >= 15 is 0 Å². The van der Waals surface area contributed by atoms with Crippen molar-refractivity contribution in [3.63, 3.8) is 0 Å². The lowest BCUT2D eigenvalue weighted by atomic mass is 9.66. The van der Waals surface area contributed by atoms with E-state index < -0.39 is 44.4 Å². The molecule has 1 spiro atoms. The zero-order valence-corrected chi connectivity index (χ0v) is 12.0. The van der Waals surface area contributed by atoms with Gasteiger partial charge in [0.15, 0.2) is 0 Å². The highest BCUT2D eigenvalue weighted by atomic mass is 35.7. The molecule has 0 aromatic carbocycles. The van der Waals surface area contributed by atoms with E-state index in [0.29, 0.717) is 12.8 Å². The summed E-state index contributed by atoms with van der Waals surface area (Å²) in [5.41, 5.74) is -1.06. The van der Waals surface area contributed by atoms with Gasteiger partial charge in [0.05, 0.1) is 12.3 Å². The smallest absolute Gasteiger partial charge is 0.391 e. The number of hydrogen-bond acceptors (Lipinski definition) is 4. The fourth-order valence-electron chi connectivity index (χ4n) is 3.25. The predicted octanol–water partition coefficient (Wildman–Crippen LogP) is 2.61. The summed E-state index contributed by atoms with van der Waals surface area (Å²) in [5.74, 6) is -2.81. The molecule has 0 N–H and O–H groups in total. The largest absolute Gasteiger partial charge is 0.461 e. The van der Waals surface area contributed by atoms with Gasteiger partial charge in [-0.15, -0.1) is 0 Å². The van der Waals surface area contributed by atoms with Gasteiger partial charge in [-0.25, -0.2) is 8.42 Å². The van der Waals surface area contributed by atoms with Crippen molar-refractivity contribution in [1.29, 1.82) is 0 Å². The van der Waals surface area contributed by atoms with Crippen molar-refractivity contribution in [1.82, 2.24) is 0 Å². The summed E-state index contributed by atoms with van der Waals surface area (Å²) in [7, 11) is 1.20. The van der Waals surface area contributed by atoms with E-state index in [2.05, 4.69) is 0 Å². The number of carbonyl (C=O) groups excluding carboxylic acids is 1. The van der Waals surface area contributed by atoms with Gasteiger partial charge in [-0.05, 0) is 19.3 Å². The van der Waals surface area contributed by atoms with Crippen LogP contribution in [0.25, 0.3) is 0 Å². The van der Waals surface area contributed by atoms with Crippen LogP contribution >= 0.6 is 10.7 Å². The van der Waals surface area contributed by atoms with Crippen LogP contribution in [0.2, 0.25) is 0 Å². The second-order valence-electron chi connectivity index (χ2n) is 5.56. The SMILES string of the molecule is O=C1CC2(CCCC(C(F)(F)F)C2)C(CS(=O)(=O)Cl)O1. The van der Waals surface area contributed by atoms with E-state index in [0.717, 1.165) is 0 Å². The van der Waals surface area contributed by atoms with Crippen molar-refractivity contribution in [2.75, 3.05) is 5.75 Å². The molecule has 3 unspecified atom stereocenters. The zero-order chi connectivity index (χ0) is 15.2. The Hall–Kier alpha value is -0.500. The molecule has 1 saturated carbocycles. The minimum absolute atomic E-state index is 0.000213. The second kappa shape index (κ2) is 5.05. The third-order valence-electron chi connectivity index (χ3n) is 4.15. The van der Waals surface area contributed by atoms with Crippen molar-refractivity contribution in [3.05, 3.63) is 0 Å². The molecule has 0 radical (unpaired) electrons. The maximum Gasteiger partial charge on any atom is 0.391 e. The van der Waals surface area contributed by atoms with Crippen molar-refractivity contribution in [3.8, 4) is 0 Å². The molecule has 1 heterocycles. The molecule has 0 amide bonds. The first kappa shape index (κ1) is 15.9. The Bertz CT molecular complexity index is 504. The Labute approximate surface area is 119 Å². The molecule has 4 nitrogen and oxygen atoms in total. The van der Waals surface area contributed by atoms with Crippen LogP contribution in [0.4, 0.5) is 13.2 Å². The maximum atomic E-state index is 12.9. The average molecular weight is 335 g/mol. The fourth-order valence-corrected chi connectivity index (χ4v) is 4.37. The Morgan fingerprint density at radius 3 is 2.60 bits per heavy atom. The van der Waals surface area contributed by atoms with Crippen LogP contribution in [0.5, 0.6) is 0 Å². The highest BCUT2D eigenvalue weighted by molar-refractivity contribution is 8.13. The van der Waals surface area contributed by atoms with Crippen molar-refractivity contribution >= 4 is 25.7 Å². The number of alkyl halides is 3. The second-order valence-corrected chi connectivity index (χ2v) is 8.38. The summed E-state index contributed by atoms with van der Waals surface area (Å²) in [4.78, 5) is 11.4. The molecule has 0 aromatic rings. The van der Waals surface area contributed by atoms with Crippen molar-refractivity contribution in [2.24, 2.45) is 11.3 Å². The molecular formula is C11H14ClF3O4S. The molecule has 1 aliphatic carbocycles. The van der Waals surface area contributed by atoms with Gasteiger partial charge < -0.3 is 4.74 Å². The zero-order valence-electron chi connectivity index (χ0n) is 10.5. The number of carbonyl (C=O) groups is 1. The first-order chi connectivity index (χ1) is 9.02. The van der Waals surface area contributed by atoms with E-state index in [1.54, 1.807) is 0 Å². The summed E-state index contributed by atoms with van der Waals surface area (Å²) in [6.45, 7) is 0. The molecule has 20 heavy (non-hydrogen) atoms. The van der Waals surface area contributed by atoms with Gasteiger partial charge >= 0.3 is 12.1 Å². The third kappa shape index (κ3) is 3.39. The van der Waals surface area contributed by atoms with Crippen LogP contribution < -0.4 is 0 Å². The van der Waals surface area contributed by atoms with Crippen LogP contribution in [0.3, 0.4) is 0 Å². The molecule has 2 rings (SSSR count). The van der Waals surface area contributed by atoms with Crippen LogP contribution in [0, 0.1) is 11.3 Å². The molecule has 2 fully saturated rings. The van der Waals surface area contributed by atoms with Crippen LogP contribution in [-0.4, -0.2) is 32.4 Å². The van der Waals surface area contributed by atoms with Gasteiger partial charge in [-0.1, -0.05) is 6.42 Å². The monoisotopic (exact) mass is 334 g/mol. The van der Waals surface area contributed by atoms with Gasteiger partial charge in [0.2, 0.25) is 9.05 Å². The van der Waals surface area contributed by atoms with E-state index in [4.69, 9.17) is 15.4 Å². The molecular weight excluding hydrogens is 321 g/mol. The summed E-state index contributed by atoms with van der Waals surface area (Å²) >= 11 is 0. The summed E-state index contributed by atoms with van der Waals surface area (Å²) in [5, 5.41) is 0. The first-order valence-electron chi connectivity index (χ1n) is 6.20. The lowest BCUT2D eigenvalue weighted by Crippen LogP contribution is -2.42. The number of rotatable bonds is 2. The minimum atomic E-state index is -4.34. The highest BCUT2D eigenvalue weighted by Crippen LogP contribution is 2.53. The van der Waals surface area contributed by atoms with Crippen LogP contribution in [-0.2, 0) is 18.6 Å². The normalized spacial score (nSPS) is 35.3. The quantitative estimate of drug-likeness (QED) is 0.575. The van der Waals surface area contributed by atoms with Gasteiger partial charge in [0, 0.05) is 16.1 Å². The molecule has 1 aliphatic heterocycles. The molecule has 9 heteroatoms. The molecule has 2 aliphatic rings. The van der Waals surface area contributed by atoms with Crippen molar-refractivity contribution in [2.45, 2.75) is 44.4 Å². The number of halogens is 4. The summed E-state index contributed by atoms with van der Waals surface area (Å²) in [6.07, 6.45) is -5.23. The predicted molar refractivity (Wildman–Crippen MR) is 64.6 cm³/mol. The molecule has 0 bridgehead atoms. The highest BCUT2D eigenvalue weighted by Gasteiger charge is 2.56. The third-order valence-corrected chi connectivity index (χ3v) is 5.23. The van der Waals surface area contributed by atoms with E-state index in [1.807, 2.05) is 0 Å². The van der Waals surface area contributed by atoms with E-state index in [1.165, 1.54) is 0 Å². The number of cyclic esters (lactones) is 1. The Balaban J connectivity index is 2.24. The number of hydrogen-bond donors (Lipinski definition) is 0. The lowest BCUT2D eigenvalue weighted by molar-refractivity contribution is -0.194. The molecule has 3 atom stereocenters. The topological polar surface area (TPSA) is 60.4 Å². The Kier molecular flexibility index (Phi) is 4.01. The van der Waals surface area contributed by atoms with Crippen LogP contribution in [0.1, 0.15) is 32.1 Å². The minimum Gasteiger partial charge on any atom is -0.461 e. The summed E-state index contributed by atoms with van der Waals surface area (Å²) < 4.78 is 65.8. The average Bonchev–Trinajstić information content (AvgIpc) is 2.51. The Morgan fingerprint density at radius 1 is 1.40 bits per heavy atom. The van der Waals surface area contributed by atoms with E-state index in [-0.39, 0.29) is 19.3 Å². The fraction of sp³-hybridized carbons (Fsp3) is 0.909. The maximum absolute atomic E-state index is 12.9. The summed E-state index contributed by atoms with van der Waals surface area (Å²) in [6, 6.07) is 0. The van der Waals surface area contributed by atoms with Gasteiger partial charge in [0.1, 0.15) is 11.9 Å². The molecule has 116 valence electrons. The number of esters is 1. The first-order valence-corrected chi connectivity index (χ1v) is 8.68. The molecule has 0 aromatic heterocycles. The van der Waals surface area contributed by atoms with Crippen LogP contribution in [0.15, 0.2) is 0 Å². The van der Waals surface area contributed by atoms with Crippen molar-refractivity contribution < 1.29 is 31.1 Å². The van der Waals surface area contributed by atoms with Gasteiger partial charge in [0.25, 0.3) is 0 Å². The van der Waals surface area contributed by atoms with E-state index in [9.17, 15) is 26.4 Å². The van der Waals surface area contributed by atoms with Gasteiger partial charge in [-0.3, -0.25) is 4.79 Å². The molecule has 1 saturated heterocycles. The standard InChI is InChI=1S/C11H14ClF3O4S/c12-20(17,18)6-8-10(5-9(16)19-8)3-1-2-7(4-10)11(13,14)15/h7-8H,1-6H2. The number of ether oxygens (including phenoxy) is 1.